The highest BCUT2D eigenvalue weighted by Gasteiger charge is 2.61. The van der Waals surface area contributed by atoms with Gasteiger partial charge in [0.2, 0.25) is 17.7 Å². The minimum atomic E-state index is -0.925. The van der Waals surface area contributed by atoms with Gasteiger partial charge in [-0.25, -0.2) is 9.97 Å². The molecule has 2 N–H and O–H groups in total. The van der Waals surface area contributed by atoms with Crippen LogP contribution in [0.5, 0.6) is 5.75 Å². The maximum absolute atomic E-state index is 14.2. The number of nitrogens with one attached hydrogen (secondary N) is 2. The van der Waals surface area contributed by atoms with Crippen molar-refractivity contribution in [2.75, 3.05) is 5.32 Å². The molecule has 4 aromatic rings. The Morgan fingerprint density at radius 1 is 1.04 bits per heavy atom. The molecule has 1 spiro atoms. The number of carbonyl (C=O) groups excluding carboxylic acids is 2. The lowest BCUT2D eigenvalue weighted by atomic mass is 9.72. The highest BCUT2D eigenvalue weighted by molar-refractivity contribution is 5.90. The summed E-state index contributed by atoms with van der Waals surface area (Å²) >= 11 is 0. The predicted molar refractivity (Wildman–Crippen MR) is 169 cm³/mol. The second kappa shape index (κ2) is 10.1. The summed E-state index contributed by atoms with van der Waals surface area (Å²) in [5, 5.41) is 6.85. The summed E-state index contributed by atoms with van der Waals surface area (Å²) in [4.78, 5) is 37.5. The molecule has 2 aromatic carbocycles. The predicted octanol–water partition coefficient (Wildman–Crippen LogP) is 6.89. The Morgan fingerprint density at radius 2 is 1.82 bits per heavy atom. The Balaban J connectivity index is 1.50. The van der Waals surface area contributed by atoms with Crippen LogP contribution in [0.3, 0.4) is 0 Å². The molecule has 0 fully saturated rings. The van der Waals surface area contributed by atoms with Crippen molar-refractivity contribution in [2.24, 2.45) is 16.7 Å². The minimum Gasteiger partial charge on any atom is -0.469 e. The summed E-state index contributed by atoms with van der Waals surface area (Å²) in [6.45, 7) is 13.9. The number of hydrogen-bond acceptors (Lipinski definition) is 8. The number of oxazole rings is 2. The number of anilines is 1. The topological polar surface area (TPSA) is 119 Å². The zero-order valence-corrected chi connectivity index (χ0v) is 26.9. The zero-order valence-electron chi connectivity index (χ0n) is 26.9. The Hall–Kier alpha value is -4.40. The van der Waals surface area contributed by atoms with E-state index in [2.05, 4.69) is 27.8 Å². The number of ketones is 1. The van der Waals surface area contributed by atoms with Crippen molar-refractivity contribution in [2.45, 2.75) is 85.4 Å². The van der Waals surface area contributed by atoms with Crippen molar-refractivity contribution in [1.29, 1.82) is 0 Å². The Labute approximate surface area is 263 Å². The fourth-order valence-corrected chi connectivity index (χ4v) is 6.84. The third-order valence-electron chi connectivity index (χ3n) is 9.89. The fourth-order valence-electron chi connectivity index (χ4n) is 6.84. The molecule has 9 heteroatoms. The standard InChI is InChI=1S/C36H40N4O5/c1-8-35(6,7)26(41)17-21-15-20-13-14-25-23(16-20)36(22-11-9-10-12-24(22)38-33(36)44-25)29-27(31-37-19(2)18-43-31)39-32(45-29)28(34(3,4)5)40-30(21)42/h9-14,16,18,21,28,33,38H,8,15,17H2,1-7H3,(H,40,42)/t21-,28-,33?,36+/m1/s1. The molecule has 4 bridgehead atoms. The number of aromatic nitrogens is 2. The first-order valence-corrected chi connectivity index (χ1v) is 15.8. The van der Waals surface area contributed by atoms with Crippen LogP contribution >= 0.6 is 0 Å². The average molecular weight is 609 g/mol. The fraction of sp³-hybridized carbons (Fsp3) is 0.444. The number of Topliss-reactive ketones (excluding diaryl/α,β-unsaturated/α-hetero) is 1. The van der Waals surface area contributed by atoms with E-state index < -0.39 is 34.4 Å². The van der Waals surface area contributed by atoms with Gasteiger partial charge in [0.25, 0.3) is 0 Å². The van der Waals surface area contributed by atoms with Crippen LogP contribution < -0.4 is 15.4 Å². The molecular weight excluding hydrogens is 568 g/mol. The number of hydrogen-bond donors (Lipinski definition) is 2. The van der Waals surface area contributed by atoms with E-state index >= 15 is 0 Å². The monoisotopic (exact) mass is 608 g/mol. The number of ether oxygens (including phenoxy) is 1. The van der Waals surface area contributed by atoms with Gasteiger partial charge in [0.05, 0.1) is 5.69 Å². The van der Waals surface area contributed by atoms with Gasteiger partial charge in [-0.1, -0.05) is 71.9 Å². The van der Waals surface area contributed by atoms with Crippen molar-refractivity contribution >= 4 is 17.4 Å². The van der Waals surface area contributed by atoms with Crippen molar-refractivity contribution in [3.05, 3.63) is 82.8 Å². The first-order chi connectivity index (χ1) is 21.3. The second-order valence-corrected chi connectivity index (χ2v) is 14.4. The number of rotatable bonds is 5. The zero-order chi connectivity index (χ0) is 31.9. The van der Waals surface area contributed by atoms with Gasteiger partial charge in [-0.2, -0.15) is 0 Å². The van der Waals surface area contributed by atoms with Crippen molar-refractivity contribution in [3.63, 3.8) is 0 Å². The molecule has 2 aromatic heterocycles. The first-order valence-electron chi connectivity index (χ1n) is 15.8. The van der Waals surface area contributed by atoms with E-state index in [9.17, 15) is 9.59 Å². The molecule has 4 atom stereocenters. The molecule has 1 amide bonds. The van der Waals surface area contributed by atoms with E-state index in [4.69, 9.17) is 18.6 Å². The molecule has 0 radical (unpaired) electrons. The Bertz CT molecular complexity index is 1830. The van der Waals surface area contributed by atoms with Gasteiger partial charge in [0.1, 0.15) is 29.3 Å². The van der Waals surface area contributed by atoms with Crippen molar-refractivity contribution in [1.82, 2.24) is 15.3 Å². The maximum Gasteiger partial charge on any atom is 0.249 e. The van der Waals surface area contributed by atoms with Crippen LogP contribution in [0.2, 0.25) is 0 Å². The third kappa shape index (κ3) is 4.50. The lowest BCUT2D eigenvalue weighted by Gasteiger charge is -2.32. The van der Waals surface area contributed by atoms with Crippen LogP contribution in [0.15, 0.2) is 57.6 Å². The molecule has 3 aliphatic heterocycles. The van der Waals surface area contributed by atoms with Crippen molar-refractivity contribution < 1.29 is 23.2 Å². The van der Waals surface area contributed by atoms with E-state index in [-0.39, 0.29) is 18.1 Å². The van der Waals surface area contributed by atoms with Gasteiger partial charge in [-0.15, -0.1) is 0 Å². The van der Waals surface area contributed by atoms with E-state index in [1.54, 1.807) is 6.26 Å². The van der Waals surface area contributed by atoms with Crippen LogP contribution in [0.4, 0.5) is 5.69 Å². The molecule has 0 aliphatic carbocycles. The molecule has 234 valence electrons. The van der Waals surface area contributed by atoms with Gasteiger partial charge in [-0.3, -0.25) is 9.59 Å². The van der Waals surface area contributed by atoms with E-state index in [1.165, 1.54) is 0 Å². The van der Waals surface area contributed by atoms with E-state index in [1.807, 2.05) is 78.8 Å². The molecular formula is C36H40N4O5. The van der Waals surface area contributed by atoms with E-state index in [0.717, 1.165) is 22.4 Å². The first kappa shape index (κ1) is 29.3. The van der Waals surface area contributed by atoms with Crippen molar-refractivity contribution in [3.8, 4) is 17.3 Å². The number of benzene rings is 2. The summed E-state index contributed by atoms with van der Waals surface area (Å²) in [5.74, 6) is 1.21. The largest absolute Gasteiger partial charge is 0.469 e. The smallest absolute Gasteiger partial charge is 0.249 e. The Kier molecular flexibility index (Phi) is 6.55. The summed E-state index contributed by atoms with van der Waals surface area (Å²) in [5.41, 5.74) is 2.99. The molecule has 0 saturated carbocycles. The SMILES string of the molecule is CCC(C)(C)C(=O)C[C@H]1Cc2ccc3c(c2)[C@@]2(c4ccccc4NC2O3)c2oc(nc2-c2nc(C)co2)[C@H](C(C)(C)C)NC1=O. The minimum absolute atomic E-state index is 0.0689. The summed E-state index contributed by atoms with van der Waals surface area (Å²) in [7, 11) is 0. The maximum atomic E-state index is 14.2. The van der Waals surface area contributed by atoms with E-state index in [0.29, 0.717) is 47.5 Å². The van der Waals surface area contributed by atoms with Crippen LogP contribution in [-0.2, 0) is 21.4 Å². The number of fused-ring (bicyclic) bond motifs is 4. The molecule has 5 heterocycles. The number of para-hydroxylation sites is 1. The van der Waals surface area contributed by atoms with Gasteiger partial charge in [0.15, 0.2) is 17.7 Å². The lowest BCUT2D eigenvalue weighted by molar-refractivity contribution is -0.134. The van der Waals surface area contributed by atoms with Gasteiger partial charge >= 0.3 is 0 Å². The number of aryl methyl sites for hydroxylation is 1. The molecule has 0 saturated heterocycles. The summed E-state index contributed by atoms with van der Waals surface area (Å²) < 4.78 is 19.5. The quantitative estimate of drug-likeness (QED) is 0.251. The molecule has 3 aliphatic rings. The average Bonchev–Trinajstić information content (AvgIpc) is 3.75. The van der Waals surface area contributed by atoms with Crippen LogP contribution in [0, 0.1) is 23.7 Å². The highest BCUT2D eigenvalue weighted by atomic mass is 16.5. The summed E-state index contributed by atoms with van der Waals surface area (Å²) in [6.07, 6.45) is 2.29. The molecule has 9 nitrogen and oxygen atoms in total. The second-order valence-electron chi connectivity index (χ2n) is 14.4. The van der Waals surface area contributed by atoms with Gasteiger partial charge in [-0.05, 0) is 48.4 Å². The number of carbonyl (C=O) groups is 2. The highest BCUT2D eigenvalue weighted by Crippen LogP contribution is 2.59. The van der Waals surface area contributed by atoms with Crippen LogP contribution in [-0.4, -0.2) is 27.9 Å². The number of amides is 1. The summed E-state index contributed by atoms with van der Waals surface area (Å²) in [6, 6.07) is 13.6. The lowest BCUT2D eigenvalue weighted by Crippen LogP contribution is -2.42. The van der Waals surface area contributed by atoms with Crippen LogP contribution in [0.25, 0.3) is 11.6 Å². The van der Waals surface area contributed by atoms with Gasteiger partial charge < -0.3 is 24.2 Å². The van der Waals surface area contributed by atoms with Crippen LogP contribution in [0.1, 0.15) is 94.5 Å². The number of nitrogens with zero attached hydrogens (tertiary/aromatic N) is 2. The Morgan fingerprint density at radius 3 is 2.53 bits per heavy atom. The van der Waals surface area contributed by atoms with Gasteiger partial charge in [0, 0.05) is 29.0 Å². The molecule has 1 unspecified atom stereocenters. The normalized spacial score (nSPS) is 23.6. The third-order valence-corrected chi connectivity index (χ3v) is 9.89. The molecule has 45 heavy (non-hydrogen) atoms. The molecule has 7 rings (SSSR count).